The molecule has 0 unspecified atom stereocenters. The van der Waals surface area contributed by atoms with Crippen LogP contribution in [0.5, 0.6) is 0 Å². The zero-order valence-electron chi connectivity index (χ0n) is 20.0. The van der Waals surface area contributed by atoms with Crippen molar-refractivity contribution in [2.75, 3.05) is 0 Å². The minimum absolute atomic E-state index is 0.0000450. The van der Waals surface area contributed by atoms with Gasteiger partial charge >= 0.3 is 0 Å². The number of amides is 1. The SMILES string of the molecule is CC[C@H](O)C[C@H](O)CCc1c(C(C)C)c(C(=O)NCc2ccccc2)nn1-c1ccc(F)cc1. The number of nitrogens with zero attached hydrogens (tertiary/aromatic N) is 2. The fourth-order valence-electron chi connectivity index (χ4n) is 4.04. The van der Waals surface area contributed by atoms with E-state index in [9.17, 15) is 19.4 Å². The summed E-state index contributed by atoms with van der Waals surface area (Å²) in [7, 11) is 0. The molecule has 7 heteroatoms. The summed E-state index contributed by atoms with van der Waals surface area (Å²) in [6.07, 6.45) is 0.509. The Balaban J connectivity index is 1.94. The van der Waals surface area contributed by atoms with Crippen LogP contribution in [0.2, 0.25) is 0 Å². The fraction of sp³-hybridized carbons (Fsp3) is 0.407. The molecule has 3 rings (SSSR count). The first-order chi connectivity index (χ1) is 16.3. The summed E-state index contributed by atoms with van der Waals surface area (Å²) >= 11 is 0. The minimum Gasteiger partial charge on any atom is -0.393 e. The van der Waals surface area contributed by atoms with Gasteiger partial charge in [-0.2, -0.15) is 5.10 Å². The van der Waals surface area contributed by atoms with Gasteiger partial charge in [0.1, 0.15) is 5.82 Å². The second-order valence-corrected chi connectivity index (χ2v) is 8.91. The van der Waals surface area contributed by atoms with E-state index in [-0.39, 0.29) is 17.6 Å². The number of aliphatic hydroxyl groups is 2. The molecule has 34 heavy (non-hydrogen) atoms. The number of benzene rings is 2. The predicted molar refractivity (Wildman–Crippen MR) is 130 cm³/mol. The van der Waals surface area contributed by atoms with Crippen molar-refractivity contribution in [2.45, 2.75) is 71.1 Å². The quantitative estimate of drug-likeness (QED) is 0.387. The van der Waals surface area contributed by atoms with Crippen LogP contribution in [0.4, 0.5) is 4.39 Å². The molecule has 0 saturated carbocycles. The van der Waals surface area contributed by atoms with E-state index in [1.807, 2.05) is 51.1 Å². The van der Waals surface area contributed by atoms with Gasteiger partial charge < -0.3 is 15.5 Å². The molecule has 0 saturated heterocycles. The monoisotopic (exact) mass is 467 g/mol. The van der Waals surface area contributed by atoms with Gasteiger partial charge in [0.15, 0.2) is 5.69 Å². The van der Waals surface area contributed by atoms with Crippen molar-refractivity contribution < 1.29 is 19.4 Å². The molecule has 1 amide bonds. The molecule has 0 aliphatic rings. The average Bonchev–Trinajstić information content (AvgIpc) is 3.22. The molecule has 1 heterocycles. The maximum atomic E-state index is 13.6. The standard InChI is InChI=1S/C27H34FN3O3/c1-4-22(32)16-23(33)14-15-24-25(18(2)3)26(27(34)29-17-19-8-6-5-7-9-19)30-31(24)21-12-10-20(28)11-13-21/h5-13,18,22-23,32-33H,4,14-17H2,1-3H3,(H,29,34)/t22-,23+/m0/s1. The van der Waals surface area contributed by atoms with Crippen LogP contribution in [0.1, 0.15) is 73.3 Å². The van der Waals surface area contributed by atoms with Crippen molar-refractivity contribution in [2.24, 2.45) is 0 Å². The van der Waals surface area contributed by atoms with Crippen LogP contribution in [0, 0.1) is 5.82 Å². The lowest BCUT2D eigenvalue weighted by Crippen LogP contribution is -2.24. The lowest BCUT2D eigenvalue weighted by molar-refractivity contribution is 0.0736. The van der Waals surface area contributed by atoms with Crippen molar-refractivity contribution in [3.05, 3.63) is 82.9 Å². The van der Waals surface area contributed by atoms with Gasteiger partial charge in [-0.1, -0.05) is 51.1 Å². The van der Waals surface area contributed by atoms with Crippen LogP contribution < -0.4 is 5.32 Å². The smallest absolute Gasteiger partial charge is 0.272 e. The number of nitrogens with one attached hydrogen (secondary N) is 1. The molecule has 3 N–H and O–H groups in total. The Morgan fingerprint density at radius 2 is 1.74 bits per heavy atom. The largest absolute Gasteiger partial charge is 0.393 e. The van der Waals surface area contributed by atoms with E-state index in [1.165, 1.54) is 12.1 Å². The first-order valence-corrected chi connectivity index (χ1v) is 11.9. The normalized spacial score (nSPS) is 13.1. The van der Waals surface area contributed by atoms with Crippen LogP contribution in [0.15, 0.2) is 54.6 Å². The zero-order chi connectivity index (χ0) is 24.7. The number of aromatic nitrogens is 2. The summed E-state index contributed by atoms with van der Waals surface area (Å²) in [6, 6.07) is 15.6. The van der Waals surface area contributed by atoms with E-state index in [2.05, 4.69) is 10.4 Å². The Morgan fingerprint density at radius 1 is 1.06 bits per heavy atom. The summed E-state index contributed by atoms with van der Waals surface area (Å²) in [5.41, 5.74) is 3.56. The molecule has 1 aromatic heterocycles. The van der Waals surface area contributed by atoms with Crippen LogP contribution in [-0.2, 0) is 13.0 Å². The molecular formula is C27H34FN3O3. The van der Waals surface area contributed by atoms with E-state index in [1.54, 1.807) is 16.8 Å². The van der Waals surface area contributed by atoms with E-state index < -0.39 is 12.2 Å². The van der Waals surface area contributed by atoms with Crippen molar-refractivity contribution >= 4 is 5.91 Å². The van der Waals surface area contributed by atoms with Gasteiger partial charge in [0.2, 0.25) is 0 Å². The predicted octanol–water partition coefficient (Wildman–Crippen LogP) is 4.52. The number of rotatable bonds is 11. The fourth-order valence-corrected chi connectivity index (χ4v) is 4.04. The Morgan fingerprint density at radius 3 is 2.35 bits per heavy atom. The molecule has 2 aromatic carbocycles. The Kier molecular flexibility index (Phi) is 8.96. The van der Waals surface area contributed by atoms with Crippen LogP contribution in [-0.4, -0.2) is 38.1 Å². The Hall–Kier alpha value is -3.03. The number of hydrogen-bond donors (Lipinski definition) is 3. The number of carbonyl (C=O) groups excluding carboxylic acids is 1. The highest BCUT2D eigenvalue weighted by Crippen LogP contribution is 2.28. The maximum Gasteiger partial charge on any atom is 0.272 e. The van der Waals surface area contributed by atoms with Gasteiger partial charge in [0.25, 0.3) is 5.91 Å². The average molecular weight is 468 g/mol. The van der Waals surface area contributed by atoms with Gasteiger partial charge in [0.05, 0.1) is 17.9 Å². The third-order valence-electron chi connectivity index (χ3n) is 5.91. The topological polar surface area (TPSA) is 87.4 Å². The van der Waals surface area contributed by atoms with E-state index in [4.69, 9.17) is 0 Å². The third kappa shape index (κ3) is 6.52. The van der Waals surface area contributed by atoms with Gasteiger partial charge in [-0.25, -0.2) is 9.07 Å². The van der Waals surface area contributed by atoms with Gasteiger partial charge in [-0.3, -0.25) is 4.79 Å². The van der Waals surface area contributed by atoms with Gasteiger partial charge in [-0.05, 0) is 61.4 Å². The molecule has 182 valence electrons. The van der Waals surface area contributed by atoms with E-state index in [0.717, 1.165) is 16.8 Å². The van der Waals surface area contributed by atoms with Crippen molar-refractivity contribution in [1.82, 2.24) is 15.1 Å². The highest BCUT2D eigenvalue weighted by molar-refractivity contribution is 5.94. The lowest BCUT2D eigenvalue weighted by Gasteiger charge is -2.16. The molecule has 0 fully saturated rings. The molecule has 2 atom stereocenters. The van der Waals surface area contributed by atoms with Gasteiger partial charge in [0, 0.05) is 17.8 Å². The van der Waals surface area contributed by atoms with Crippen LogP contribution in [0.3, 0.4) is 0 Å². The Bertz CT molecular complexity index is 1060. The molecule has 0 aliphatic heterocycles. The summed E-state index contributed by atoms with van der Waals surface area (Å²) in [5, 5.41) is 27.9. The molecule has 0 spiro atoms. The van der Waals surface area contributed by atoms with Crippen LogP contribution in [0.25, 0.3) is 5.69 Å². The number of carbonyl (C=O) groups is 1. The highest BCUT2D eigenvalue weighted by atomic mass is 19.1. The summed E-state index contributed by atoms with van der Waals surface area (Å²) < 4.78 is 15.2. The number of halogens is 1. The summed E-state index contributed by atoms with van der Waals surface area (Å²) in [4.78, 5) is 13.2. The molecule has 6 nitrogen and oxygen atoms in total. The van der Waals surface area contributed by atoms with Crippen molar-refractivity contribution in [1.29, 1.82) is 0 Å². The van der Waals surface area contributed by atoms with Crippen molar-refractivity contribution in [3.8, 4) is 5.69 Å². The minimum atomic E-state index is -0.679. The molecule has 0 radical (unpaired) electrons. The first kappa shape index (κ1) is 25.6. The molecule has 3 aromatic rings. The molecule has 0 aliphatic carbocycles. The zero-order valence-corrected chi connectivity index (χ0v) is 20.0. The van der Waals surface area contributed by atoms with E-state index >= 15 is 0 Å². The summed E-state index contributed by atoms with van der Waals surface area (Å²) in [5.74, 6) is -0.636. The Labute approximate surface area is 200 Å². The number of hydrogen-bond acceptors (Lipinski definition) is 4. The van der Waals surface area contributed by atoms with E-state index in [0.29, 0.717) is 43.6 Å². The highest BCUT2D eigenvalue weighted by Gasteiger charge is 2.26. The number of aliphatic hydroxyl groups excluding tert-OH is 2. The van der Waals surface area contributed by atoms with Crippen LogP contribution >= 0.6 is 0 Å². The van der Waals surface area contributed by atoms with Crippen molar-refractivity contribution in [3.63, 3.8) is 0 Å². The molecule has 0 bridgehead atoms. The lowest BCUT2D eigenvalue weighted by atomic mass is 9.95. The van der Waals surface area contributed by atoms with Gasteiger partial charge in [-0.15, -0.1) is 0 Å². The first-order valence-electron chi connectivity index (χ1n) is 11.9. The second-order valence-electron chi connectivity index (χ2n) is 8.91. The maximum absolute atomic E-state index is 13.6. The molecular weight excluding hydrogens is 433 g/mol. The third-order valence-corrected chi connectivity index (χ3v) is 5.91. The second kappa shape index (κ2) is 11.9. The summed E-state index contributed by atoms with van der Waals surface area (Å²) in [6.45, 7) is 6.25.